The fraction of sp³-hybridized carbons (Fsp3) is 0.632. The van der Waals surface area contributed by atoms with Crippen LogP contribution in [0.15, 0.2) is 24.3 Å². The lowest BCUT2D eigenvalue weighted by molar-refractivity contribution is -0.185. The van der Waals surface area contributed by atoms with E-state index in [9.17, 15) is 0 Å². The summed E-state index contributed by atoms with van der Waals surface area (Å²) in [5, 5.41) is 7.42. The maximum Gasteiger partial charge on any atom is 0.300 e. The second kappa shape index (κ2) is 7.64. The van der Waals surface area contributed by atoms with E-state index < -0.39 is 5.97 Å². The minimum atomic E-state index is -0.833. The van der Waals surface area contributed by atoms with E-state index in [0.29, 0.717) is 5.92 Å². The van der Waals surface area contributed by atoms with E-state index in [0.717, 1.165) is 45.8 Å². The Bertz CT molecular complexity index is 550. The second-order valence-corrected chi connectivity index (χ2v) is 7.06. The molecule has 0 radical (unpaired) electrons. The number of hydrogen-bond donors (Lipinski definition) is 2. The Morgan fingerprint density at radius 3 is 2.21 bits per heavy atom. The Kier molecular flexibility index (Phi) is 6.01. The highest BCUT2D eigenvalue weighted by Crippen LogP contribution is 2.43. The first kappa shape index (κ1) is 18.9. The highest BCUT2D eigenvalue weighted by molar-refractivity contribution is 5.62. The van der Waals surface area contributed by atoms with Crippen molar-refractivity contribution in [3.05, 3.63) is 35.4 Å². The van der Waals surface area contributed by atoms with Gasteiger partial charge in [0.2, 0.25) is 0 Å². The van der Waals surface area contributed by atoms with E-state index in [1.165, 1.54) is 11.1 Å². The average Bonchev–Trinajstić information content (AvgIpc) is 2.99. The first-order valence-corrected chi connectivity index (χ1v) is 8.63. The number of rotatable bonds is 2. The van der Waals surface area contributed by atoms with Gasteiger partial charge in [0.05, 0.1) is 13.2 Å². The van der Waals surface area contributed by atoms with Crippen molar-refractivity contribution in [3.63, 3.8) is 0 Å². The summed E-state index contributed by atoms with van der Waals surface area (Å²) in [4.78, 5) is 9.00. The molecule has 1 heterocycles. The molecular formula is C19H29NO4. The predicted octanol–water partition coefficient (Wildman–Crippen LogP) is 3.37. The fourth-order valence-corrected chi connectivity index (χ4v) is 3.36. The zero-order valence-electron chi connectivity index (χ0n) is 14.9. The first-order chi connectivity index (χ1) is 11.3. The van der Waals surface area contributed by atoms with Crippen molar-refractivity contribution in [2.45, 2.75) is 63.7 Å². The standard InChI is InChI=1S/C17H25NO2.C2H4O2/c1-13(2)14-4-3-5-15(12-14)16(18)6-8-17(9-7-16)19-10-11-20-17;1-2(3)4/h3-5,12-13H,6-11,18H2,1-2H3;1H3,(H,3,4). The van der Waals surface area contributed by atoms with Gasteiger partial charge in [0.1, 0.15) is 0 Å². The molecule has 24 heavy (non-hydrogen) atoms. The lowest BCUT2D eigenvalue weighted by Gasteiger charge is -2.42. The highest BCUT2D eigenvalue weighted by atomic mass is 16.7. The molecule has 1 aliphatic heterocycles. The average molecular weight is 335 g/mol. The van der Waals surface area contributed by atoms with Crippen LogP contribution < -0.4 is 5.73 Å². The van der Waals surface area contributed by atoms with Crippen molar-refractivity contribution in [1.29, 1.82) is 0 Å². The number of hydrogen-bond acceptors (Lipinski definition) is 4. The van der Waals surface area contributed by atoms with Crippen LogP contribution in [0.4, 0.5) is 0 Å². The third-order valence-corrected chi connectivity index (χ3v) is 4.85. The van der Waals surface area contributed by atoms with Crippen molar-refractivity contribution in [1.82, 2.24) is 0 Å². The molecule has 1 saturated heterocycles. The third kappa shape index (κ3) is 4.56. The van der Waals surface area contributed by atoms with Crippen LogP contribution in [0.25, 0.3) is 0 Å². The molecule has 5 nitrogen and oxygen atoms in total. The van der Waals surface area contributed by atoms with Gasteiger partial charge in [0.25, 0.3) is 5.97 Å². The Balaban J connectivity index is 0.000000471. The molecule has 0 unspecified atom stereocenters. The van der Waals surface area contributed by atoms with Crippen LogP contribution in [-0.4, -0.2) is 30.1 Å². The molecule has 0 bridgehead atoms. The second-order valence-electron chi connectivity index (χ2n) is 7.06. The molecule has 3 N–H and O–H groups in total. The molecule has 1 saturated carbocycles. The predicted molar refractivity (Wildman–Crippen MR) is 92.8 cm³/mol. The van der Waals surface area contributed by atoms with Crippen molar-refractivity contribution in [2.75, 3.05) is 13.2 Å². The van der Waals surface area contributed by atoms with Crippen LogP contribution >= 0.6 is 0 Å². The smallest absolute Gasteiger partial charge is 0.300 e. The monoisotopic (exact) mass is 335 g/mol. The van der Waals surface area contributed by atoms with E-state index in [1.807, 2.05) is 0 Å². The minimum absolute atomic E-state index is 0.231. The summed E-state index contributed by atoms with van der Waals surface area (Å²) in [6, 6.07) is 8.76. The molecule has 5 heteroatoms. The van der Waals surface area contributed by atoms with Gasteiger partial charge < -0.3 is 20.3 Å². The van der Waals surface area contributed by atoms with Crippen LogP contribution in [0.2, 0.25) is 0 Å². The summed E-state index contributed by atoms with van der Waals surface area (Å²) in [7, 11) is 0. The Morgan fingerprint density at radius 1 is 1.17 bits per heavy atom. The molecule has 0 amide bonds. The van der Waals surface area contributed by atoms with Crippen molar-refractivity contribution in [2.24, 2.45) is 5.73 Å². The van der Waals surface area contributed by atoms with Crippen LogP contribution in [0, 0.1) is 0 Å². The Hall–Kier alpha value is -1.43. The normalized spacial score (nSPS) is 21.4. The summed E-state index contributed by atoms with van der Waals surface area (Å²) >= 11 is 0. The van der Waals surface area contributed by atoms with Crippen LogP contribution in [-0.2, 0) is 19.8 Å². The summed E-state index contributed by atoms with van der Waals surface area (Å²) in [5.41, 5.74) is 9.08. The van der Waals surface area contributed by atoms with Gasteiger partial charge in [-0.2, -0.15) is 0 Å². The third-order valence-electron chi connectivity index (χ3n) is 4.85. The number of ether oxygens (including phenoxy) is 2. The molecule has 1 aliphatic carbocycles. The zero-order valence-corrected chi connectivity index (χ0v) is 14.9. The molecule has 2 fully saturated rings. The van der Waals surface area contributed by atoms with Gasteiger partial charge in [0.15, 0.2) is 5.79 Å². The molecule has 0 atom stereocenters. The van der Waals surface area contributed by atoms with Crippen LogP contribution in [0.5, 0.6) is 0 Å². The van der Waals surface area contributed by atoms with E-state index >= 15 is 0 Å². The van der Waals surface area contributed by atoms with E-state index in [1.54, 1.807) is 0 Å². The topological polar surface area (TPSA) is 81.8 Å². The van der Waals surface area contributed by atoms with E-state index in [-0.39, 0.29) is 11.3 Å². The minimum Gasteiger partial charge on any atom is -0.481 e. The molecule has 3 rings (SSSR count). The van der Waals surface area contributed by atoms with E-state index in [4.69, 9.17) is 25.1 Å². The van der Waals surface area contributed by atoms with Gasteiger partial charge in [0, 0.05) is 25.3 Å². The van der Waals surface area contributed by atoms with Crippen LogP contribution in [0.3, 0.4) is 0 Å². The van der Waals surface area contributed by atoms with E-state index in [2.05, 4.69) is 38.1 Å². The van der Waals surface area contributed by atoms with Gasteiger partial charge >= 0.3 is 0 Å². The number of aliphatic carboxylic acids is 1. The molecule has 2 aliphatic rings. The first-order valence-electron chi connectivity index (χ1n) is 8.63. The number of nitrogens with two attached hydrogens (primary N) is 1. The lowest BCUT2D eigenvalue weighted by Crippen LogP contribution is -2.47. The zero-order chi connectivity index (χ0) is 17.8. The van der Waals surface area contributed by atoms with Gasteiger partial charge in [-0.15, -0.1) is 0 Å². The summed E-state index contributed by atoms with van der Waals surface area (Å²) < 4.78 is 11.6. The van der Waals surface area contributed by atoms with Gasteiger partial charge in [-0.25, -0.2) is 0 Å². The molecule has 0 aromatic heterocycles. The fourth-order valence-electron chi connectivity index (χ4n) is 3.36. The molecule has 1 spiro atoms. The van der Waals surface area contributed by atoms with Gasteiger partial charge in [-0.1, -0.05) is 38.1 Å². The summed E-state index contributed by atoms with van der Waals surface area (Å²) in [5.74, 6) is -0.631. The van der Waals surface area contributed by atoms with Gasteiger partial charge in [-0.3, -0.25) is 4.79 Å². The maximum atomic E-state index is 9.00. The molecule has 1 aromatic carbocycles. The Morgan fingerprint density at radius 2 is 1.71 bits per heavy atom. The molecule has 1 aromatic rings. The largest absolute Gasteiger partial charge is 0.481 e. The lowest BCUT2D eigenvalue weighted by atomic mass is 9.74. The Labute approximate surface area is 144 Å². The van der Waals surface area contributed by atoms with Gasteiger partial charge in [-0.05, 0) is 29.9 Å². The number of benzene rings is 1. The number of carboxylic acid groups (broad SMARTS) is 1. The van der Waals surface area contributed by atoms with Crippen molar-refractivity contribution in [3.8, 4) is 0 Å². The SMILES string of the molecule is CC(=O)O.CC(C)c1cccc(C2(N)CCC3(CC2)OCCO3)c1. The maximum absolute atomic E-state index is 9.00. The number of carbonyl (C=O) groups is 1. The van der Waals surface area contributed by atoms with Crippen molar-refractivity contribution >= 4 is 5.97 Å². The number of carboxylic acids is 1. The van der Waals surface area contributed by atoms with Crippen LogP contribution in [0.1, 0.15) is 63.5 Å². The highest BCUT2D eigenvalue weighted by Gasteiger charge is 2.45. The molecule has 134 valence electrons. The summed E-state index contributed by atoms with van der Waals surface area (Å²) in [6.45, 7) is 6.97. The summed E-state index contributed by atoms with van der Waals surface area (Å²) in [6.07, 6.45) is 3.65. The van der Waals surface area contributed by atoms with Crippen molar-refractivity contribution < 1.29 is 19.4 Å². The quantitative estimate of drug-likeness (QED) is 0.866. The molecular weight excluding hydrogens is 306 g/mol.